The number of hydrogen-bond donors (Lipinski definition) is 0. The van der Waals surface area contributed by atoms with E-state index < -0.39 is 0 Å². The third kappa shape index (κ3) is 2.41. The van der Waals surface area contributed by atoms with Crippen LogP contribution in [0.3, 0.4) is 0 Å². The minimum absolute atomic E-state index is 0.0513. The minimum Gasteiger partial charge on any atom is -0.378 e. The maximum atomic E-state index is 5.70. The molecule has 0 bridgehead atoms. The molecular formula is C16H28N4O. The van der Waals surface area contributed by atoms with Crippen molar-refractivity contribution in [1.29, 1.82) is 0 Å². The van der Waals surface area contributed by atoms with Crippen LogP contribution in [0.25, 0.3) is 0 Å². The molecule has 0 N–H and O–H groups in total. The molecule has 1 saturated carbocycles. The molecule has 2 rings (SSSR count). The Labute approximate surface area is 128 Å². The van der Waals surface area contributed by atoms with Crippen LogP contribution in [0, 0.1) is 5.41 Å². The van der Waals surface area contributed by atoms with Gasteiger partial charge in [0.05, 0.1) is 17.0 Å². The summed E-state index contributed by atoms with van der Waals surface area (Å²) in [5, 5.41) is 8.67. The van der Waals surface area contributed by atoms with Crippen molar-refractivity contribution in [3.8, 4) is 0 Å². The normalized spacial score (nSPS) is 27.3. The molecule has 2 unspecified atom stereocenters. The van der Waals surface area contributed by atoms with Crippen molar-refractivity contribution in [3.05, 3.63) is 11.4 Å². The molecule has 1 aliphatic rings. The first-order valence-electron chi connectivity index (χ1n) is 7.81. The van der Waals surface area contributed by atoms with Gasteiger partial charge in [0.15, 0.2) is 0 Å². The Balaban J connectivity index is 2.24. The van der Waals surface area contributed by atoms with Gasteiger partial charge in [-0.05, 0) is 26.2 Å². The van der Waals surface area contributed by atoms with Gasteiger partial charge in [-0.15, -0.1) is 5.10 Å². The SMILES string of the molecule is CCc1nnc(N(C)C2CC(C)(OC)C2(C)C)nc1CC. The maximum absolute atomic E-state index is 5.70. The second-order valence-electron chi connectivity index (χ2n) is 6.70. The molecule has 5 heteroatoms. The first kappa shape index (κ1) is 16.1. The van der Waals surface area contributed by atoms with Crippen LogP contribution in [0.4, 0.5) is 5.95 Å². The Morgan fingerprint density at radius 3 is 2.24 bits per heavy atom. The Morgan fingerprint density at radius 2 is 1.76 bits per heavy atom. The van der Waals surface area contributed by atoms with Gasteiger partial charge in [0.1, 0.15) is 0 Å². The highest BCUT2D eigenvalue weighted by Crippen LogP contribution is 2.53. The average Bonchev–Trinajstić information content (AvgIpc) is 2.50. The predicted molar refractivity (Wildman–Crippen MR) is 84.6 cm³/mol. The van der Waals surface area contributed by atoms with E-state index in [0.717, 1.165) is 36.6 Å². The molecule has 0 radical (unpaired) electrons. The summed E-state index contributed by atoms with van der Waals surface area (Å²) in [5.41, 5.74) is 2.02. The van der Waals surface area contributed by atoms with Crippen LogP contribution in [-0.2, 0) is 17.6 Å². The summed E-state index contributed by atoms with van der Waals surface area (Å²) >= 11 is 0. The highest BCUT2D eigenvalue weighted by Gasteiger charge is 2.59. The van der Waals surface area contributed by atoms with Gasteiger partial charge in [0, 0.05) is 25.6 Å². The number of methoxy groups -OCH3 is 1. The molecular weight excluding hydrogens is 264 g/mol. The molecule has 118 valence electrons. The molecule has 1 fully saturated rings. The van der Waals surface area contributed by atoms with E-state index in [1.165, 1.54) is 0 Å². The fraction of sp³-hybridized carbons (Fsp3) is 0.812. The van der Waals surface area contributed by atoms with Gasteiger partial charge in [-0.2, -0.15) is 5.10 Å². The Morgan fingerprint density at radius 1 is 1.14 bits per heavy atom. The third-order valence-corrected chi connectivity index (χ3v) is 5.51. The van der Waals surface area contributed by atoms with Crippen LogP contribution < -0.4 is 4.90 Å². The second kappa shape index (κ2) is 5.52. The second-order valence-corrected chi connectivity index (χ2v) is 6.70. The lowest BCUT2D eigenvalue weighted by Gasteiger charge is -2.61. The van der Waals surface area contributed by atoms with E-state index in [1.54, 1.807) is 7.11 Å². The van der Waals surface area contributed by atoms with Crippen LogP contribution in [0.2, 0.25) is 0 Å². The summed E-state index contributed by atoms with van der Waals surface area (Å²) in [6, 6.07) is 0.362. The largest absolute Gasteiger partial charge is 0.378 e. The van der Waals surface area contributed by atoms with Crippen molar-refractivity contribution in [2.75, 3.05) is 19.1 Å². The van der Waals surface area contributed by atoms with Gasteiger partial charge >= 0.3 is 0 Å². The number of rotatable bonds is 5. The first-order valence-corrected chi connectivity index (χ1v) is 7.81. The Kier molecular flexibility index (Phi) is 4.24. The summed E-state index contributed by atoms with van der Waals surface area (Å²) in [6.07, 6.45) is 2.75. The van der Waals surface area contributed by atoms with Crippen LogP contribution in [0.15, 0.2) is 0 Å². The minimum atomic E-state index is -0.0870. The van der Waals surface area contributed by atoms with Gasteiger partial charge < -0.3 is 9.64 Å². The molecule has 5 nitrogen and oxygen atoms in total. The van der Waals surface area contributed by atoms with Gasteiger partial charge in [-0.1, -0.05) is 27.7 Å². The van der Waals surface area contributed by atoms with E-state index in [4.69, 9.17) is 9.72 Å². The molecule has 1 aromatic heterocycles. The lowest BCUT2D eigenvalue weighted by atomic mass is 9.55. The van der Waals surface area contributed by atoms with Crippen LogP contribution in [0.5, 0.6) is 0 Å². The van der Waals surface area contributed by atoms with Crippen molar-refractivity contribution in [2.45, 2.75) is 65.5 Å². The lowest BCUT2D eigenvalue weighted by molar-refractivity contribution is -0.172. The van der Waals surface area contributed by atoms with Crippen LogP contribution in [0.1, 0.15) is 52.4 Å². The van der Waals surface area contributed by atoms with Gasteiger partial charge in [-0.25, -0.2) is 4.98 Å². The lowest BCUT2D eigenvalue weighted by Crippen LogP contribution is -2.68. The number of aryl methyl sites for hydroxylation is 2. The predicted octanol–water partition coefficient (Wildman–Crippen LogP) is 2.64. The molecule has 1 aliphatic carbocycles. The zero-order valence-corrected chi connectivity index (χ0v) is 14.4. The highest BCUT2D eigenvalue weighted by molar-refractivity contribution is 5.35. The highest BCUT2D eigenvalue weighted by atomic mass is 16.5. The number of hydrogen-bond acceptors (Lipinski definition) is 5. The van der Waals surface area contributed by atoms with Crippen molar-refractivity contribution in [2.24, 2.45) is 5.41 Å². The smallest absolute Gasteiger partial charge is 0.245 e. The Bertz CT molecular complexity index is 517. The van der Waals surface area contributed by atoms with Gasteiger partial charge in [0.25, 0.3) is 0 Å². The van der Waals surface area contributed by atoms with E-state index in [9.17, 15) is 0 Å². The van der Waals surface area contributed by atoms with Gasteiger partial charge in [0.2, 0.25) is 5.95 Å². The summed E-state index contributed by atoms with van der Waals surface area (Å²) in [5.74, 6) is 0.722. The fourth-order valence-corrected chi connectivity index (χ4v) is 3.29. The van der Waals surface area contributed by atoms with E-state index in [-0.39, 0.29) is 11.0 Å². The Hall–Kier alpha value is -1.23. The molecule has 0 saturated heterocycles. The van der Waals surface area contributed by atoms with Crippen LogP contribution >= 0.6 is 0 Å². The number of ether oxygens (including phenoxy) is 1. The summed E-state index contributed by atoms with van der Waals surface area (Å²) in [6.45, 7) is 10.9. The molecule has 1 aromatic rings. The maximum Gasteiger partial charge on any atom is 0.245 e. The standard InChI is InChI=1S/C16H28N4O/c1-8-11-12(9-2)18-19-14(17-11)20(6)13-10-16(5,21-7)15(13,3)4/h13H,8-10H2,1-7H3. The molecule has 0 aliphatic heterocycles. The van der Waals surface area contributed by atoms with Crippen molar-refractivity contribution in [1.82, 2.24) is 15.2 Å². The summed E-state index contributed by atoms with van der Waals surface area (Å²) in [4.78, 5) is 6.87. The summed E-state index contributed by atoms with van der Waals surface area (Å²) < 4.78 is 5.70. The number of aromatic nitrogens is 3. The molecule has 0 aromatic carbocycles. The van der Waals surface area contributed by atoms with E-state index >= 15 is 0 Å². The molecule has 0 amide bonds. The molecule has 1 heterocycles. The fourth-order valence-electron chi connectivity index (χ4n) is 3.29. The van der Waals surface area contributed by atoms with E-state index in [1.807, 2.05) is 0 Å². The van der Waals surface area contributed by atoms with E-state index in [2.05, 4.69) is 56.8 Å². The quantitative estimate of drug-likeness (QED) is 0.835. The van der Waals surface area contributed by atoms with Crippen molar-refractivity contribution in [3.63, 3.8) is 0 Å². The monoisotopic (exact) mass is 292 g/mol. The van der Waals surface area contributed by atoms with Crippen molar-refractivity contribution >= 4 is 5.95 Å². The zero-order valence-electron chi connectivity index (χ0n) is 14.4. The average molecular weight is 292 g/mol. The van der Waals surface area contributed by atoms with Crippen LogP contribution in [-0.4, -0.2) is 41.0 Å². The number of nitrogens with zero attached hydrogens (tertiary/aromatic N) is 4. The molecule has 0 spiro atoms. The topological polar surface area (TPSA) is 51.1 Å². The van der Waals surface area contributed by atoms with Gasteiger partial charge in [-0.3, -0.25) is 0 Å². The summed E-state index contributed by atoms with van der Waals surface area (Å²) in [7, 11) is 3.85. The molecule has 2 atom stereocenters. The molecule has 21 heavy (non-hydrogen) atoms. The van der Waals surface area contributed by atoms with E-state index in [0.29, 0.717) is 6.04 Å². The first-order chi connectivity index (χ1) is 9.80. The van der Waals surface area contributed by atoms with Crippen molar-refractivity contribution < 1.29 is 4.74 Å². The number of anilines is 1. The zero-order chi connectivity index (χ0) is 15.8. The third-order valence-electron chi connectivity index (χ3n) is 5.51.